The zero-order valence-electron chi connectivity index (χ0n) is 10.9. The van der Waals surface area contributed by atoms with Crippen molar-refractivity contribution in [1.29, 1.82) is 0 Å². The molecule has 0 fully saturated rings. The van der Waals surface area contributed by atoms with Gasteiger partial charge in [0.2, 0.25) is 0 Å². The first kappa shape index (κ1) is 12.7. The van der Waals surface area contributed by atoms with Gasteiger partial charge in [-0.25, -0.2) is 9.97 Å². The minimum atomic E-state index is 0.479. The van der Waals surface area contributed by atoms with Crippen LogP contribution in [0.25, 0.3) is 16.9 Å². The van der Waals surface area contributed by atoms with Gasteiger partial charge in [0, 0.05) is 22.5 Å². The summed E-state index contributed by atoms with van der Waals surface area (Å²) in [4.78, 5) is 8.32. The van der Waals surface area contributed by atoms with Crippen molar-refractivity contribution in [2.24, 2.45) is 0 Å². The van der Waals surface area contributed by atoms with E-state index in [1.807, 2.05) is 41.8 Å². The minimum absolute atomic E-state index is 0.479. The highest BCUT2D eigenvalue weighted by atomic mass is 35.5. The first-order valence-corrected chi connectivity index (χ1v) is 6.54. The van der Waals surface area contributed by atoms with E-state index in [-0.39, 0.29) is 0 Å². The number of aryl methyl sites for hydroxylation is 1. The normalized spacial score (nSPS) is 10.7. The largest absolute Gasteiger partial charge is 0.383 e. The topological polar surface area (TPSA) is 56.7 Å². The zero-order valence-corrected chi connectivity index (χ0v) is 11.7. The number of aromatic nitrogens is 3. The number of hydrogen-bond donors (Lipinski definition) is 1. The van der Waals surface area contributed by atoms with Crippen molar-refractivity contribution < 1.29 is 0 Å². The van der Waals surface area contributed by atoms with Crippen LogP contribution in [0.4, 0.5) is 5.82 Å². The minimum Gasteiger partial charge on any atom is -0.383 e. The van der Waals surface area contributed by atoms with Gasteiger partial charge >= 0.3 is 0 Å². The van der Waals surface area contributed by atoms with Crippen LogP contribution < -0.4 is 5.73 Å². The number of halogens is 1. The molecule has 1 aromatic carbocycles. The van der Waals surface area contributed by atoms with Gasteiger partial charge in [0.05, 0.1) is 18.2 Å². The van der Waals surface area contributed by atoms with E-state index in [2.05, 4.69) is 9.97 Å². The van der Waals surface area contributed by atoms with E-state index in [0.29, 0.717) is 5.82 Å². The van der Waals surface area contributed by atoms with Crippen LogP contribution in [-0.4, -0.2) is 14.5 Å². The Morgan fingerprint density at radius 1 is 1.25 bits per heavy atom. The molecule has 5 heteroatoms. The molecule has 0 aliphatic heterocycles. The van der Waals surface area contributed by atoms with E-state index in [4.69, 9.17) is 17.3 Å². The number of rotatable bonds is 2. The summed E-state index contributed by atoms with van der Waals surface area (Å²) in [5.41, 5.74) is 9.65. The first-order chi connectivity index (χ1) is 9.66. The highest BCUT2D eigenvalue weighted by molar-refractivity contribution is 6.31. The number of anilines is 1. The van der Waals surface area contributed by atoms with Gasteiger partial charge in [-0.2, -0.15) is 0 Å². The molecule has 0 aliphatic carbocycles. The molecule has 0 unspecified atom stereocenters. The molecule has 100 valence electrons. The molecular formula is C15H13ClN4. The van der Waals surface area contributed by atoms with Crippen LogP contribution in [0.2, 0.25) is 5.02 Å². The van der Waals surface area contributed by atoms with Crippen molar-refractivity contribution in [3.05, 3.63) is 59.6 Å². The molecule has 0 radical (unpaired) electrons. The van der Waals surface area contributed by atoms with Crippen LogP contribution in [0.5, 0.6) is 0 Å². The maximum atomic E-state index is 6.19. The lowest BCUT2D eigenvalue weighted by atomic mass is 10.2. The summed E-state index contributed by atoms with van der Waals surface area (Å²) >= 11 is 6.19. The number of benzene rings is 1. The third-order valence-corrected chi connectivity index (χ3v) is 3.59. The lowest BCUT2D eigenvalue weighted by molar-refractivity contribution is 1.06. The Bertz CT molecular complexity index is 764. The van der Waals surface area contributed by atoms with Gasteiger partial charge in [-0.3, -0.25) is 4.57 Å². The third-order valence-electron chi connectivity index (χ3n) is 3.19. The highest BCUT2D eigenvalue weighted by Crippen LogP contribution is 2.27. The van der Waals surface area contributed by atoms with E-state index >= 15 is 0 Å². The van der Waals surface area contributed by atoms with E-state index in [1.165, 1.54) is 0 Å². The smallest absolute Gasteiger partial charge is 0.132 e. The molecule has 0 saturated heterocycles. The molecule has 3 aromatic rings. The second kappa shape index (κ2) is 4.98. The number of nitrogens with two attached hydrogens (primary N) is 1. The fourth-order valence-corrected chi connectivity index (χ4v) is 2.24. The molecule has 0 amide bonds. The van der Waals surface area contributed by atoms with Crippen LogP contribution in [0.3, 0.4) is 0 Å². The average molecular weight is 285 g/mol. The lowest BCUT2D eigenvalue weighted by Gasteiger charge is -2.10. The molecule has 0 aliphatic rings. The summed E-state index contributed by atoms with van der Waals surface area (Å²) in [6.07, 6.45) is 5.17. The molecule has 20 heavy (non-hydrogen) atoms. The monoisotopic (exact) mass is 284 g/mol. The summed E-state index contributed by atoms with van der Waals surface area (Å²) in [7, 11) is 0. The van der Waals surface area contributed by atoms with Crippen molar-refractivity contribution >= 4 is 17.4 Å². The summed E-state index contributed by atoms with van der Waals surface area (Å²) in [6.45, 7) is 1.97. The predicted molar refractivity (Wildman–Crippen MR) is 81.0 cm³/mol. The number of hydrogen-bond acceptors (Lipinski definition) is 3. The van der Waals surface area contributed by atoms with E-state index in [1.54, 1.807) is 18.7 Å². The van der Waals surface area contributed by atoms with E-state index < -0.39 is 0 Å². The summed E-state index contributed by atoms with van der Waals surface area (Å²) in [5, 5.41) is 0.723. The maximum Gasteiger partial charge on any atom is 0.132 e. The molecule has 0 spiro atoms. The first-order valence-electron chi connectivity index (χ1n) is 6.16. The number of imidazole rings is 1. The van der Waals surface area contributed by atoms with Gasteiger partial charge < -0.3 is 5.73 Å². The summed E-state index contributed by atoms with van der Waals surface area (Å²) in [6, 6.07) is 9.67. The molecule has 0 bridgehead atoms. The van der Waals surface area contributed by atoms with Gasteiger partial charge in [-0.1, -0.05) is 17.7 Å². The average Bonchev–Trinajstić information content (AvgIpc) is 2.91. The molecule has 2 aromatic heterocycles. The second-order valence-electron chi connectivity index (χ2n) is 4.52. The van der Waals surface area contributed by atoms with Crippen LogP contribution in [0, 0.1) is 6.92 Å². The maximum absolute atomic E-state index is 6.19. The third kappa shape index (κ3) is 2.14. The van der Waals surface area contributed by atoms with Gasteiger partial charge in [0.15, 0.2) is 0 Å². The SMILES string of the molecule is Cc1ccc(-n2cncc2-c2cccnc2N)cc1Cl. The van der Waals surface area contributed by atoms with Gasteiger partial charge in [-0.15, -0.1) is 0 Å². The lowest BCUT2D eigenvalue weighted by Crippen LogP contribution is -1.99. The predicted octanol–water partition coefficient (Wildman–Crippen LogP) is 3.48. The Morgan fingerprint density at radius 3 is 2.85 bits per heavy atom. The van der Waals surface area contributed by atoms with Crippen molar-refractivity contribution in [3.63, 3.8) is 0 Å². The Balaban J connectivity index is 2.15. The molecule has 0 atom stereocenters. The molecule has 4 nitrogen and oxygen atoms in total. The Hall–Kier alpha value is -2.33. The quantitative estimate of drug-likeness (QED) is 0.784. The summed E-state index contributed by atoms with van der Waals surface area (Å²) in [5.74, 6) is 0.479. The zero-order chi connectivity index (χ0) is 14.1. The second-order valence-corrected chi connectivity index (χ2v) is 4.93. The van der Waals surface area contributed by atoms with Crippen molar-refractivity contribution in [2.75, 3.05) is 5.73 Å². The Kier molecular flexibility index (Phi) is 3.16. The van der Waals surface area contributed by atoms with Crippen molar-refractivity contribution in [1.82, 2.24) is 14.5 Å². The highest BCUT2D eigenvalue weighted by Gasteiger charge is 2.10. The van der Waals surface area contributed by atoms with Gasteiger partial charge in [0.1, 0.15) is 5.82 Å². The fourth-order valence-electron chi connectivity index (χ4n) is 2.07. The van der Waals surface area contributed by atoms with Gasteiger partial charge in [0.25, 0.3) is 0 Å². The van der Waals surface area contributed by atoms with Crippen molar-refractivity contribution in [3.8, 4) is 16.9 Å². The Labute approximate surface area is 121 Å². The standard InChI is InChI=1S/C15H13ClN4/c1-10-4-5-11(7-13(10)16)20-9-18-8-14(20)12-3-2-6-19-15(12)17/h2-9H,1H3,(H2,17,19). The summed E-state index contributed by atoms with van der Waals surface area (Å²) < 4.78 is 1.94. The number of nitrogen functional groups attached to an aromatic ring is 1. The van der Waals surface area contributed by atoms with Crippen LogP contribution in [0.15, 0.2) is 49.1 Å². The van der Waals surface area contributed by atoms with Crippen LogP contribution in [0.1, 0.15) is 5.56 Å². The molecule has 3 rings (SSSR count). The molecular weight excluding hydrogens is 272 g/mol. The van der Waals surface area contributed by atoms with E-state index in [0.717, 1.165) is 27.5 Å². The van der Waals surface area contributed by atoms with Gasteiger partial charge in [-0.05, 0) is 36.8 Å². The molecule has 0 saturated carbocycles. The van der Waals surface area contributed by atoms with Crippen LogP contribution in [-0.2, 0) is 0 Å². The van der Waals surface area contributed by atoms with Crippen LogP contribution >= 0.6 is 11.6 Å². The number of pyridine rings is 1. The number of nitrogens with zero attached hydrogens (tertiary/aromatic N) is 3. The van der Waals surface area contributed by atoms with Crippen molar-refractivity contribution in [2.45, 2.75) is 6.92 Å². The molecule has 2 heterocycles. The Morgan fingerprint density at radius 2 is 2.10 bits per heavy atom. The van der Waals surface area contributed by atoms with E-state index in [9.17, 15) is 0 Å². The molecule has 2 N–H and O–H groups in total. The fraction of sp³-hybridized carbons (Fsp3) is 0.0667.